The van der Waals surface area contributed by atoms with Gasteiger partial charge in [0.05, 0.1) is 6.42 Å². The maximum absolute atomic E-state index is 12.6. The fourth-order valence-corrected chi connectivity index (χ4v) is 1.13. The van der Waals surface area contributed by atoms with Gasteiger partial charge in [0.2, 0.25) is 0 Å². The lowest BCUT2D eigenvalue weighted by Crippen LogP contribution is -2.42. The Morgan fingerprint density at radius 2 is 1.33 bits per heavy atom. The number of alkyl halides is 7. The molecule has 0 N–H and O–H groups in total. The minimum Gasteiger partial charge on any atom is -0.218 e. The molecular formula is C4H2Cl2F6O2S. The second-order valence-electron chi connectivity index (χ2n) is 2.45. The van der Waals surface area contributed by atoms with Crippen LogP contribution in [0.5, 0.6) is 0 Å². The molecule has 0 aromatic rings. The Morgan fingerprint density at radius 3 is 1.53 bits per heavy atom. The molecule has 0 saturated heterocycles. The predicted octanol–water partition coefficient (Wildman–Crippen LogP) is 3.00. The topological polar surface area (TPSA) is 34.1 Å². The molecule has 2 nitrogen and oxygen atoms in total. The van der Waals surface area contributed by atoms with Crippen molar-refractivity contribution < 1.29 is 34.3 Å². The Hall–Kier alpha value is 0.110. The third kappa shape index (κ3) is 3.56. The van der Waals surface area contributed by atoms with Crippen molar-refractivity contribution in [2.75, 3.05) is 0 Å². The van der Waals surface area contributed by atoms with Crippen LogP contribution in [-0.4, -0.2) is 24.2 Å². The van der Waals surface area contributed by atoms with Crippen LogP contribution in [0.1, 0.15) is 6.42 Å². The summed E-state index contributed by atoms with van der Waals surface area (Å²) in [6.07, 6.45) is -2.81. The van der Waals surface area contributed by atoms with E-state index in [0.29, 0.717) is 0 Å². The van der Waals surface area contributed by atoms with E-state index in [1.165, 1.54) is 0 Å². The van der Waals surface area contributed by atoms with Crippen LogP contribution in [0.4, 0.5) is 25.8 Å². The highest BCUT2D eigenvalue weighted by molar-refractivity contribution is 7.87. The van der Waals surface area contributed by atoms with Gasteiger partial charge in [-0.1, -0.05) is 15.5 Å². The average Bonchev–Trinajstić information content (AvgIpc) is 1.77. The molecule has 0 rings (SSSR count). The van der Waals surface area contributed by atoms with Crippen LogP contribution in [0.15, 0.2) is 0 Å². The van der Waals surface area contributed by atoms with Gasteiger partial charge in [-0.2, -0.15) is 26.0 Å². The van der Waals surface area contributed by atoms with Gasteiger partial charge in [0.1, 0.15) is 0 Å². The van der Waals surface area contributed by atoms with Crippen molar-refractivity contribution in [1.29, 1.82) is 0 Å². The van der Waals surface area contributed by atoms with Gasteiger partial charge in [0, 0.05) is 0 Å². The molecule has 0 radical (unpaired) electrons. The zero-order chi connectivity index (χ0) is 12.7. The van der Waals surface area contributed by atoms with Crippen molar-refractivity contribution in [2.24, 2.45) is 0 Å². The Labute approximate surface area is 90.4 Å². The Balaban J connectivity index is 5.07. The molecule has 0 spiro atoms. The van der Waals surface area contributed by atoms with Crippen LogP contribution in [0.3, 0.4) is 0 Å². The second-order valence-corrected chi connectivity index (χ2v) is 5.00. The van der Waals surface area contributed by atoms with Crippen LogP contribution >= 0.6 is 23.2 Å². The summed E-state index contributed by atoms with van der Waals surface area (Å²) in [7, 11) is -6.55. The molecule has 15 heavy (non-hydrogen) atoms. The van der Waals surface area contributed by atoms with Gasteiger partial charge in [-0.3, -0.25) is 0 Å². The SMILES string of the molecule is O=S(=O)(F)C(F)(F)CC(F)(Cl)C(F)(F)Cl. The fourth-order valence-electron chi connectivity index (χ4n) is 0.445. The van der Waals surface area contributed by atoms with Gasteiger partial charge in [-0.05, 0) is 11.6 Å². The predicted molar refractivity (Wildman–Crippen MR) is 40.1 cm³/mol. The molecule has 0 bridgehead atoms. The summed E-state index contributed by atoms with van der Waals surface area (Å²) >= 11 is 8.23. The van der Waals surface area contributed by atoms with Crippen LogP contribution in [0, 0.1) is 0 Å². The van der Waals surface area contributed by atoms with Gasteiger partial charge >= 0.3 is 20.9 Å². The molecule has 1 unspecified atom stereocenters. The first-order valence-electron chi connectivity index (χ1n) is 2.97. The Morgan fingerprint density at radius 1 is 1.00 bits per heavy atom. The first kappa shape index (κ1) is 15.1. The van der Waals surface area contributed by atoms with E-state index in [0.717, 1.165) is 0 Å². The van der Waals surface area contributed by atoms with E-state index < -0.39 is 32.4 Å². The van der Waals surface area contributed by atoms with Crippen molar-refractivity contribution >= 4 is 33.4 Å². The number of hydrogen-bond acceptors (Lipinski definition) is 2. The summed E-state index contributed by atoms with van der Waals surface area (Å²) in [6, 6.07) is 0. The molecule has 0 fully saturated rings. The van der Waals surface area contributed by atoms with Gasteiger partial charge in [-0.15, -0.1) is 0 Å². The average molecular weight is 299 g/mol. The van der Waals surface area contributed by atoms with E-state index in [1.807, 2.05) is 0 Å². The largest absolute Gasteiger partial charge is 0.378 e. The number of halogens is 8. The molecule has 0 amide bonds. The van der Waals surface area contributed by atoms with Crippen molar-refractivity contribution in [3.63, 3.8) is 0 Å². The van der Waals surface area contributed by atoms with E-state index in [-0.39, 0.29) is 0 Å². The smallest absolute Gasteiger partial charge is 0.218 e. The van der Waals surface area contributed by atoms with Crippen molar-refractivity contribution in [2.45, 2.75) is 22.2 Å². The van der Waals surface area contributed by atoms with Crippen LogP contribution in [-0.2, 0) is 10.2 Å². The number of rotatable bonds is 4. The molecule has 0 aliphatic carbocycles. The molecule has 0 aromatic carbocycles. The minimum absolute atomic E-state index is 2.81. The lowest BCUT2D eigenvalue weighted by atomic mass is 10.3. The first-order chi connectivity index (χ1) is 6.21. The Kier molecular flexibility index (Phi) is 3.87. The zero-order valence-corrected chi connectivity index (χ0v) is 8.78. The van der Waals surface area contributed by atoms with Gasteiger partial charge in [0.15, 0.2) is 0 Å². The van der Waals surface area contributed by atoms with E-state index in [2.05, 4.69) is 23.2 Å². The highest BCUT2D eigenvalue weighted by Crippen LogP contribution is 2.47. The van der Waals surface area contributed by atoms with Crippen LogP contribution in [0.2, 0.25) is 0 Å². The molecule has 11 heteroatoms. The normalized spacial score (nSPS) is 18.7. The molecule has 0 heterocycles. The summed E-state index contributed by atoms with van der Waals surface area (Å²) in [5.74, 6) is 0. The molecule has 0 saturated carbocycles. The van der Waals surface area contributed by atoms with Gasteiger partial charge < -0.3 is 0 Å². The molecule has 0 aromatic heterocycles. The van der Waals surface area contributed by atoms with E-state index in [1.54, 1.807) is 0 Å². The molecule has 1 atom stereocenters. The minimum atomic E-state index is -6.55. The number of hydrogen-bond donors (Lipinski definition) is 0. The van der Waals surface area contributed by atoms with Crippen molar-refractivity contribution in [3.8, 4) is 0 Å². The quantitative estimate of drug-likeness (QED) is 0.454. The van der Waals surface area contributed by atoms with E-state index in [9.17, 15) is 34.3 Å². The summed E-state index contributed by atoms with van der Waals surface area (Å²) in [4.78, 5) is 0. The second kappa shape index (κ2) is 3.85. The van der Waals surface area contributed by atoms with Crippen molar-refractivity contribution in [3.05, 3.63) is 0 Å². The lowest BCUT2D eigenvalue weighted by molar-refractivity contribution is -0.0630. The summed E-state index contributed by atoms with van der Waals surface area (Å²) < 4.78 is 92.5. The fraction of sp³-hybridized carbons (Fsp3) is 1.00. The summed E-state index contributed by atoms with van der Waals surface area (Å²) in [5.41, 5.74) is 0. The standard InChI is InChI=1S/C4H2Cl2F6O2S/c5-2(7,4(6,10)11)1-3(8,9)15(12,13)14/h1H2. The molecule has 0 aliphatic heterocycles. The van der Waals surface area contributed by atoms with Crippen LogP contribution in [0.25, 0.3) is 0 Å². The summed E-state index contributed by atoms with van der Waals surface area (Å²) in [5, 5.41) is -14.9. The highest BCUT2D eigenvalue weighted by Gasteiger charge is 2.62. The first-order valence-corrected chi connectivity index (χ1v) is 5.11. The molecule has 92 valence electrons. The molecular weight excluding hydrogens is 297 g/mol. The Bertz CT molecular complexity index is 334. The highest BCUT2D eigenvalue weighted by atomic mass is 35.5. The maximum Gasteiger partial charge on any atom is 0.378 e. The lowest BCUT2D eigenvalue weighted by Gasteiger charge is -2.25. The molecule has 0 aliphatic rings. The maximum atomic E-state index is 12.6. The summed E-state index contributed by atoms with van der Waals surface area (Å²) in [6.45, 7) is 0. The third-order valence-electron chi connectivity index (χ3n) is 1.20. The van der Waals surface area contributed by atoms with E-state index >= 15 is 0 Å². The van der Waals surface area contributed by atoms with Crippen molar-refractivity contribution in [1.82, 2.24) is 0 Å². The van der Waals surface area contributed by atoms with Crippen LogP contribution < -0.4 is 0 Å². The zero-order valence-electron chi connectivity index (χ0n) is 6.46. The van der Waals surface area contributed by atoms with E-state index in [4.69, 9.17) is 0 Å². The monoisotopic (exact) mass is 298 g/mol. The van der Waals surface area contributed by atoms with Gasteiger partial charge in [0.25, 0.3) is 5.13 Å². The van der Waals surface area contributed by atoms with Gasteiger partial charge in [-0.25, -0.2) is 4.39 Å². The third-order valence-corrected chi connectivity index (χ3v) is 2.82.